The summed E-state index contributed by atoms with van der Waals surface area (Å²) >= 11 is 7.56. The topological polar surface area (TPSA) is 77.6 Å². The summed E-state index contributed by atoms with van der Waals surface area (Å²) in [5.41, 5.74) is 1.85. The Kier molecular flexibility index (Phi) is 5.86. The Morgan fingerprint density at radius 1 is 1.26 bits per heavy atom. The molecule has 2 heterocycles. The number of hydrogen-bond acceptors (Lipinski definition) is 5. The first kappa shape index (κ1) is 19.4. The van der Waals surface area contributed by atoms with Crippen LogP contribution >= 0.6 is 23.4 Å². The van der Waals surface area contributed by atoms with E-state index in [1.165, 1.54) is 11.8 Å². The van der Waals surface area contributed by atoms with Crippen LogP contribution in [0.1, 0.15) is 32.4 Å². The maximum Gasteiger partial charge on any atom is 0.238 e. The Morgan fingerprint density at radius 2 is 2.04 bits per heavy atom. The van der Waals surface area contributed by atoms with Crippen LogP contribution in [0.3, 0.4) is 0 Å². The molecule has 0 saturated heterocycles. The number of benzene rings is 1. The first-order valence-electron chi connectivity index (χ1n) is 8.54. The number of thioether (sulfide) groups is 1. The van der Waals surface area contributed by atoms with Gasteiger partial charge in [0, 0.05) is 17.1 Å². The van der Waals surface area contributed by atoms with Crippen LogP contribution < -0.4 is 5.32 Å². The quantitative estimate of drug-likeness (QED) is 0.625. The number of carbonyl (C=O) groups excluding carboxylic acids is 1. The van der Waals surface area contributed by atoms with Crippen molar-refractivity contribution in [3.8, 4) is 5.69 Å². The van der Waals surface area contributed by atoms with Crippen LogP contribution in [0.15, 0.2) is 41.9 Å². The number of nitrogens with zero attached hydrogens (tertiary/aromatic N) is 5. The van der Waals surface area contributed by atoms with Gasteiger partial charge in [-0.2, -0.15) is 5.10 Å². The predicted molar refractivity (Wildman–Crippen MR) is 108 cm³/mol. The molecule has 1 amide bonds. The molecule has 2 aromatic heterocycles. The minimum atomic E-state index is -0.371. The molecule has 3 aromatic rings. The lowest BCUT2D eigenvalue weighted by Gasteiger charge is -2.15. The van der Waals surface area contributed by atoms with Gasteiger partial charge in [0.1, 0.15) is 12.1 Å². The highest BCUT2D eigenvalue weighted by molar-refractivity contribution is 8.00. The minimum absolute atomic E-state index is 0.126. The van der Waals surface area contributed by atoms with Crippen LogP contribution in [0.25, 0.3) is 5.69 Å². The fourth-order valence-electron chi connectivity index (χ4n) is 2.48. The van der Waals surface area contributed by atoms with Gasteiger partial charge in [0.2, 0.25) is 5.91 Å². The first-order chi connectivity index (χ1) is 12.9. The van der Waals surface area contributed by atoms with E-state index in [4.69, 9.17) is 11.6 Å². The summed E-state index contributed by atoms with van der Waals surface area (Å²) in [6.07, 6.45) is 3.28. The maximum atomic E-state index is 12.6. The molecule has 0 fully saturated rings. The highest BCUT2D eigenvalue weighted by atomic mass is 35.5. The summed E-state index contributed by atoms with van der Waals surface area (Å²) in [6, 6.07) is 7.69. The van der Waals surface area contributed by atoms with Crippen LogP contribution in [0, 0.1) is 6.92 Å². The second-order valence-corrected chi connectivity index (χ2v) is 8.14. The number of aromatic nitrogens is 5. The molecule has 142 valence electrons. The van der Waals surface area contributed by atoms with Crippen LogP contribution in [-0.2, 0) is 4.79 Å². The average Bonchev–Trinajstić information content (AvgIpc) is 3.26. The van der Waals surface area contributed by atoms with Gasteiger partial charge in [-0.15, -0.1) is 10.2 Å². The van der Waals surface area contributed by atoms with Crippen molar-refractivity contribution in [3.05, 3.63) is 47.4 Å². The van der Waals surface area contributed by atoms with Crippen LogP contribution in [0.5, 0.6) is 0 Å². The second-order valence-electron chi connectivity index (χ2n) is 6.42. The molecular weight excluding hydrogens is 384 g/mol. The summed E-state index contributed by atoms with van der Waals surface area (Å²) in [6.45, 7) is 7.80. The summed E-state index contributed by atoms with van der Waals surface area (Å²) in [5.74, 6) is 0.549. The van der Waals surface area contributed by atoms with Gasteiger partial charge < -0.3 is 5.32 Å². The smallest absolute Gasteiger partial charge is 0.238 e. The zero-order valence-electron chi connectivity index (χ0n) is 15.5. The standard InChI is InChI=1S/C18H21ClN6OS/c1-11(2)25-16(7-8-21-25)22-17(26)13(4)27-18-23-20-10-24(18)14-6-5-12(3)15(19)9-14/h5-11,13H,1-4H3,(H,22,26). The van der Waals surface area contributed by atoms with E-state index < -0.39 is 0 Å². The zero-order chi connectivity index (χ0) is 19.6. The summed E-state index contributed by atoms with van der Waals surface area (Å²) in [5, 5.41) is 16.2. The van der Waals surface area contributed by atoms with Crippen molar-refractivity contribution in [3.63, 3.8) is 0 Å². The molecule has 9 heteroatoms. The van der Waals surface area contributed by atoms with Crippen molar-refractivity contribution in [1.82, 2.24) is 24.5 Å². The number of aryl methyl sites for hydroxylation is 1. The van der Waals surface area contributed by atoms with Crippen LogP contribution in [-0.4, -0.2) is 35.7 Å². The Bertz CT molecular complexity index is 951. The number of anilines is 1. The summed E-state index contributed by atoms with van der Waals surface area (Å²) in [4.78, 5) is 12.6. The highest BCUT2D eigenvalue weighted by Crippen LogP contribution is 2.27. The van der Waals surface area contributed by atoms with Crippen molar-refractivity contribution in [2.45, 2.75) is 44.1 Å². The van der Waals surface area contributed by atoms with Crippen LogP contribution in [0.4, 0.5) is 5.82 Å². The van der Waals surface area contributed by atoms with Crippen LogP contribution in [0.2, 0.25) is 5.02 Å². The molecule has 0 aliphatic carbocycles. The van der Waals surface area contributed by atoms with E-state index in [0.29, 0.717) is 16.0 Å². The van der Waals surface area contributed by atoms with Gasteiger partial charge in [0.15, 0.2) is 5.16 Å². The predicted octanol–water partition coefficient (Wildman–Crippen LogP) is 4.13. The van der Waals surface area contributed by atoms with E-state index in [1.54, 1.807) is 23.3 Å². The number of nitrogens with one attached hydrogen (secondary N) is 1. The van der Waals surface area contributed by atoms with Gasteiger partial charge in [-0.1, -0.05) is 29.4 Å². The van der Waals surface area contributed by atoms with E-state index in [-0.39, 0.29) is 17.2 Å². The second kappa shape index (κ2) is 8.14. The Balaban J connectivity index is 1.74. The lowest BCUT2D eigenvalue weighted by molar-refractivity contribution is -0.115. The van der Waals surface area contributed by atoms with Gasteiger partial charge in [0.25, 0.3) is 0 Å². The number of amides is 1. The van der Waals surface area contributed by atoms with Crippen molar-refractivity contribution >= 4 is 35.1 Å². The highest BCUT2D eigenvalue weighted by Gasteiger charge is 2.20. The van der Waals surface area contributed by atoms with Crippen molar-refractivity contribution < 1.29 is 4.79 Å². The largest absolute Gasteiger partial charge is 0.310 e. The molecule has 7 nitrogen and oxygen atoms in total. The fourth-order valence-corrected chi connectivity index (χ4v) is 3.50. The van der Waals surface area contributed by atoms with Crippen molar-refractivity contribution in [2.24, 2.45) is 0 Å². The average molecular weight is 405 g/mol. The lowest BCUT2D eigenvalue weighted by atomic mass is 10.2. The van der Waals surface area contributed by atoms with E-state index >= 15 is 0 Å². The number of halogens is 1. The van der Waals surface area contributed by atoms with E-state index in [1.807, 2.05) is 50.5 Å². The summed E-state index contributed by atoms with van der Waals surface area (Å²) < 4.78 is 3.59. The maximum absolute atomic E-state index is 12.6. The van der Waals surface area contributed by atoms with Gasteiger partial charge in [-0.3, -0.25) is 9.36 Å². The normalized spacial score (nSPS) is 12.4. The Morgan fingerprint density at radius 3 is 2.74 bits per heavy atom. The molecule has 1 atom stereocenters. The molecule has 1 N–H and O–H groups in total. The Hall–Kier alpha value is -2.32. The number of rotatable bonds is 6. The number of hydrogen-bond donors (Lipinski definition) is 1. The fraction of sp³-hybridized carbons (Fsp3) is 0.333. The Labute approximate surface area is 167 Å². The molecule has 0 aliphatic rings. The first-order valence-corrected chi connectivity index (χ1v) is 9.80. The third kappa shape index (κ3) is 4.33. The minimum Gasteiger partial charge on any atom is -0.310 e. The van der Waals surface area contributed by atoms with E-state index in [9.17, 15) is 4.79 Å². The lowest BCUT2D eigenvalue weighted by Crippen LogP contribution is -2.25. The van der Waals surface area contributed by atoms with Gasteiger partial charge in [0.05, 0.1) is 17.1 Å². The molecule has 0 aliphatic heterocycles. The van der Waals surface area contributed by atoms with Crippen molar-refractivity contribution in [1.29, 1.82) is 0 Å². The monoisotopic (exact) mass is 404 g/mol. The zero-order valence-corrected chi connectivity index (χ0v) is 17.1. The van der Waals surface area contributed by atoms with E-state index in [0.717, 1.165) is 11.3 Å². The molecule has 27 heavy (non-hydrogen) atoms. The SMILES string of the molecule is Cc1ccc(-n2cnnc2SC(C)C(=O)Nc2ccnn2C(C)C)cc1Cl. The molecule has 3 rings (SSSR count). The van der Waals surface area contributed by atoms with Gasteiger partial charge in [-0.25, -0.2) is 4.68 Å². The van der Waals surface area contributed by atoms with Gasteiger partial charge in [-0.05, 0) is 45.4 Å². The van der Waals surface area contributed by atoms with Gasteiger partial charge >= 0.3 is 0 Å². The third-order valence-electron chi connectivity index (χ3n) is 4.01. The molecule has 1 unspecified atom stereocenters. The summed E-state index contributed by atoms with van der Waals surface area (Å²) in [7, 11) is 0. The molecule has 0 bridgehead atoms. The number of carbonyl (C=O) groups is 1. The third-order valence-corrected chi connectivity index (χ3v) is 5.48. The van der Waals surface area contributed by atoms with E-state index in [2.05, 4.69) is 20.6 Å². The molecule has 0 saturated carbocycles. The molecule has 0 spiro atoms. The molecule has 1 aromatic carbocycles. The molecule has 0 radical (unpaired) electrons. The molecular formula is C18H21ClN6OS. The van der Waals surface area contributed by atoms with Crippen molar-refractivity contribution in [2.75, 3.05) is 5.32 Å².